The average molecular weight is 461 g/mol. The van der Waals surface area contributed by atoms with Crippen molar-refractivity contribution in [1.82, 2.24) is 4.90 Å². The predicted octanol–water partition coefficient (Wildman–Crippen LogP) is 6.39. The molecule has 2 aliphatic heterocycles. The van der Waals surface area contributed by atoms with E-state index in [2.05, 4.69) is 30.1 Å². The number of likely N-dealkylation sites (tertiary alicyclic amines) is 1. The summed E-state index contributed by atoms with van der Waals surface area (Å²) >= 11 is 6.52. The first-order valence-electron chi connectivity index (χ1n) is 11.6. The van der Waals surface area contributed by atoms with Crippen molar-refractivity contribution < 1.29 is 9.53 Å². The van der Waals surface area contributed by atoms with Gasteiger partial charge in [0.25, 0.3) is 5.91 Å². The number of hydrogen-bond acceptors (Lipinski definition) is 3. The van der Waals surface area contributed by atoms with Crippen LogP contribution in [0.3, 0.4) is 0 Å². The summed E-state index contributed by atoms with van der Waals surface area (Å²) in [6.07, 6.45) is 2.15. The maximum absolute atomic E-state index is 13.0. The fraction of sp³-hybridized carbons (Fsp3) is 0.321. The number of hydrogen-bond donors (Lipinski definition) is 1. The Hall–Kier alpha value is -2.82. The molecule has 3 aromatic carbocycles. The van der Waals surface area contributed by atoms with Gasteiger partial charge in [0.15, 0.2) is 0 Å². The van der Waals surface area contributed by atoms with E-state index in [4.69, 9.17) is 16.3 Å². The van der Waals surface area contributed by atoms with Crippen molar-refractivity contribution in [3.8, 4) is 16.9 Å². The zero-order valence-electron chi connectivity index (χ0n) is 19.1. The van der Waals surface area contributed by atoms with Crippen LogP contribution in [0.5, 0.6) is 5.75 Å². The summed E-state index contributed by atoms with van der Waals surface area (Å²) < 4.78 is 6.05. The van der Waals surface area contributed by atoms with E-state index in [1.807, 2.05) is 54.6 Å². The number of nitrogens with one attached hydrogen (secondary N) is 1. The topological polar surface area (TPSA) is 41.6 Å². The SMILES string of the molecule is CC(C)N1CCC2(CC1)COc1ccc(NC(=O)c3ccc(-c4ccccc4)c(Cl)c3)cc12. The van der Waals surface area contributed by atoms with Gasteiger partial charge in [0.2, 0.25) is 0 Å². The molecule has 0 saturated carbocycles. The quantitative estimate of drug-likeness (QED) is 0.490. The van der Waals surface area contributed by atoms with Crippen molar-refractivity contribution in [1.29, 1.82) is 0 Å². The Bertz CT molecular complexity index is 1170. The van der Waals surface area contributed by atoms with Crippen molar-refractivity contribution in [3.05, 3.63) is 82.9 Å². The number of carbonyl (C=O) groups is 1. The van der Waals surface area contributed by atoms with Gasteiger partial charge in [-0.1, -0.05) is 48.0 Å². The second kappa shape index (κ2) is 8.85. The Morgan fingerprint density at radius 3 is 2.48 bits per heavy atom. The first-order chi connectivity index (χ1) is 15.9. The van der Waals surface area contributed by atoms with E-state index >= 15 is 0 Å². The van der Waals surface area contributed by atoms with Gasteiger partial charge >= 0.3 is 0 Å². The summed E-state index contributed by atoms with van der Waals surface area (Å²) in [5.41, 5.74) is 4.54. The first-order valence-corrected chi connectivity index (χ1v) is 12.0. The van der Waals surface area contributed by atoms with E-state index in [1.165, 1.54) is 5.56 Å². The molecule has 0 unspecified atom stereocenters. The number of nitrogens with zero attached hydrogens (tertiary/aromatic N) is 1. The Balaban J connectivity index is 1.34. The molecular formula is C28H29ClN2O2. The highest BCUT2D eigenvalue weighted by molar-refractivity contribution is 6.33. The predicted molar refractivity (Wildman–Crippen MR) is 134 cm³/mol. The lowest BCUT2D eigenvalue weighted by atomic mass is 9.74. The Morgan fingerprint density at radius 2 is 1.79 bits per heavy atom. The molecule has 0 bridgehead atoms. The minimum absolute atomic E-state index is 0.0438. The summed E-state index contributed by atoms with van der Waals surface area (Å²) in [6.45, 7) is 7.38. The monoisotopic (exact) mass is 460 g/mol. The van der Waals surface area contributed by atoms with Gasteiger partial charge in [-0.05, 0) is 75.7 Å². The fourth-order valence-electron chi connectivity index (χ4n) is 5.04. The lowest BCUT2D eigenvalue weighted by molar-refractivity contribution is 0.102. The van der Waals surface area contributed by atoms with Crippen molar-refractivity contribution in [3.63, 3.8) is 0 Å². The molecule has 1 saturated heterocycles. The summed E-state index contributed by atoms with van der Waals surface area (Å²) in [6, 6.07) is 22.0. The standard InChI is InChI=1S/C28H29ClN2O2/c1-19(2)31-14-12-28(13-15-31)18-33-26-11-9-22(17-24(26)28)30-27(32)21-8-10-23(25(29)16-21)20-6-4-3-5-7-20/h3-11,16-17,19H,12-15,18H2,1-2H3,(H,30,32). The number of amides is 1. The van der Waals surface area contributed by atoms with Crippen molar-refractivity contribution in [2.24, 2.45) is 0 Å². The lowest BCUT2D eigenvalue weighted by Gasteiger charge is -2.40. The molecule has 0 atom stereocenters. The molecule has 2 aliphatic rings. The van der Waals surface area contributed by atoms with E-state index in [-0.39, 0.29) is 11.3 Å². The fourth-order valence-corrected chi connectivity index (χ4v) is 5.32. The zero-order chi connectivity index (χ0) is 23.0. The average Bonchev–Trinajstić information content (AvgIpc) is 3.17. The molecule has 0 radical (unpaired) electrons. The smallest absolute Gasteiger partial charge is 0.255 e. The van der Waals surface area contributed by atoms with Crippen LogP contribution < -0.4 is 10.1 Å². The van der Waals surface area contributed by atoms with Gasteiger partial charge in [-0.25, -0.2) is 0 Å². The van der Waals surface area contributed by atoms with Crippen LogP contribution in [0.25, 0.3) is 11.1 Å². The van der Waals surface area contributed by atoms with E-state index in [9.17, 15) is 4.79 Å². The number of rotatable bonds is 4. The van der Waals surface area contributed by atoms with Crippen LogP contribution in [0.2, 0.25) is 5.02 Å². The number of benzene rings is 3. The lowest BCUT2D eigenvalue weighted by Crippen LogP contribution is -2.46. The molecule has 5 rings (SSSR count). The molecule has 2 heterocycles. The van der Waals surface area contributed by atoms with Gasteiger partial charge in [-0.15, -0.1) is 0 Å². The molecule has 1 amide bonds. The van der Waals surface area contributed by atoms with Gasteiger partial charge in [0.05, 0.1) is 6.61 Å². The normalized spacial score (nSPS) is 17.1. The highest BCUT2D eigenvalue weighted by Gasteiger charge is 2.43. The van der Waals surface area contributed by atoms with Gasteiger partial charge < -0.3 is 15.0 Å². The van der Waals surface area contributed by atoms with E-state index in [0.717, 1.165) is 55.1 Å². The molecular weight excluding hydrogens is 432 g/mol. The summed E-state index contributed by atoms with van der Waals surface area (Å²) in [5, 5.41) is 3.62. The molecule has 5 heteroatoms. The molecule has 1 N–H and O–H groups in total. The minimum Gasteiger partial charge on any atom is -0.492 e. The van der Waals surface area contributed by atoms with Crippen molar-refractivity contribution >= 4 is 23.2 Å². The second-order valence-electron chi connectivity index (χ2n) is 9.42. The van der Waals surface area contributed by atoms with Crippen molar-refractivity contribution in [2.45, 2.75) is 38.1 Å². The zero-order valence-corrected chi connectivity index (χ0v) is 19.9. The summed E-state index contributed by atoms with van der Waals surface area (Å²) in [7, 11) is 0. The number of fused-ring (bicyclic) bond motifs is 2. The molecule has 33 heavy (non-hydrogen) atoms. The van der Waals surface area contributed by atoms with Gasteiger partial charge in [0.1, 0.15) is 5.75 Å². The highest BCUT2D eigenvalue weighted by atomic mass is 35.5. The van der Waals surface area contributed by atoms with Crippen LogP contribution in [-0.4, -0.2) is 36.5 Å². The largest absolute Gasteiger partial charge is 0.492 e. The second-order valence-corrected chi connectivity index (χ2v) is 9.83. The van der Waals surface area contributed by atoms with E-state index in [1.54, 1.807) is 6.07 Å². The highest BCUT2D eigenvalue weighted by Crippen LogP contribution is 2.46. The molecule has 1 spiro atoms. The maximum atomic E-state index is 13.0. The minimum atomic E-state index is -0.168. The van der Waals surface area contributed by atoms with Gasteiger partial charge in [-0.3, -0.25) is 4.79 Å². The number of ether oxygens (including phenoxy) is 1. The maximum Gasteiger partial charge on any atom is 0.255 e. The number of piperidine rings is 1. The number of halogens is 1. The third kappa shape index (κ3) is 4.25. The molecule has 1 fully saturated rings. The summed E-state index contributed by atoms with van der Waals surface area (Å²) in [5.74, 6) is 0.778. The number of carbonyl (C=O) groups excluding carboxylic acids is 1. The molecule has 170 valence electrons. The molecule has 3 aromatic rings. The van der Waals surface area contributed by atoms with Crippen LogP contribution in [0.15, 0.2) is 66.7 Å². The first kappa shape index (κ1) is 22.0. The van der Waals surface area contributed by atoms with Crippen LogP contribution in [0.4, 0.5) is 5.69 Å². The van der Waals surface area contributed by atoms with Crippen LogP contribution in [0.1, 0.15) is 42.6 Å². The van der Waals surface area contributed by atoms with Crippen LogP contribution in [0, 0.1) is 0 Å². The Labute approximate surface area is 200 Å². The molecule has 4 nitrogen and oxygen atoms in total. The third-order valence-corrected chi connectivity index (χ3v) is 7.43. The van der Waals surface area contributed by atoms with Crippen molar-refractivity contribution in [2.75, 3.05) is 25.0 Å². The molecule has 0 aliphatic carbocycles. The Morgan fingerprint density at radius 1 is 1.03 bits per heavy atom. The summed E-state index contributed by atoms with van der Waals surface area (Å²) in [4.78, 5) is 15.5. The van der Waals surface area contributed by atoms with E-state index in [0.29, 0.717) is 16.6 Å². The van der Waals surface area contributed by atoms with Gasteiger partial charge in [0, 0.05) is 38.9 Å². The number of anilines is 1. The van der Waals surface area contributed by atoms with Crippen LogP contribution in [-0.2, 0) is 5.41 Å². The Kier molecular flexibility index (Phi) is 5.90. The van der Waals surface area contributed by atoms with Gasteiger partial charge in [-0.2, -0.15) is 0 Å². The third-order valence-electron chi connectivity index (χ3n) is 7.11. The van der Waals surface area contributed by atoms with Crippen LogP contribution >= 0.6 is 11.6 Å². The molecule has 0 aromatic heterocycles. The van der Waals surface area contributed by atoms with E-state index < -0.39 is 0 Å².